The summed E-state index contributed by atoms with van der Waals surface area (Å²) in [5.74, 6) is 1.39. The van der Waals surface area contributed by atoms with Crippen LogP contribution in [0.4, 0.5) is 5.69 Å². The van der Waals surface area contributed by atoms with Crippen molar-refractivity contribution in [2.45, 2.75) is 53.5 Å². The van der Waals surface area contributed by atoms with Crippen molar-refractivity contribution in [3.63, 3.8) is 0 Å². The van der Waals surface area contributed by atoms with Crippen LogP contribution in [0.3, 0.4) is 0 Å². The zero-order chi connectivity index (χ0) is 19.6. The maximum absolute atomic E-state index is 12.7. The molecule has 0 bridgehead atoms. The first-order chi connectivity index (χ1) is 12.9. The molecule has 0 aliphatic heterocycles. The van der Waals surface area contributed by atoms with Crippen molar-refractivity contribution < 1.29 is 9.21 Å². The van der Waals surface area contributed by atoms with E-state index in [2.05, 4.69) is 29.4 Å². The fraction of sp³-hybridized carbons (Fsp3) is 0.381. The molecular formula is C21H26N4O2. The third kappa shape index (κ3) is 3.94. The molecule has 0 fully saturated rings. The lowest BCUT2D eigenvalue weighted by Gasteiger charge is -2.15. The molecule has 6 nitrogen and oxygen atoms in total. The van der Waals surface area contributed by atoms with Gasteiger partial charge in [-0.3, -0.25) is 4.79 Å². The van der Waals surface area contributed by atoms with Crippen LogP contribution >= 0.6 is 0 Å². The Morgan fingerprint density at radius 3 is 2.63 bits per heavy atom. The Hall–Kier alpha value is -2.89. The van der Waals surface area contributed by atoms with Crippen LogP contribution in [-0.2, 0) is 17.8 Å². The quantitative estimate of drug-likeness (QED) is 0.698. The third-order valence-corrected chi connectivity index (χ3v) is 4.73. The van der Waals surface area contributed by atoms with Gasteiger partial charge in [0.1, 0.15) is 6.54 Å². The maximum Gasteiger partial charge on any atom is 0.249 e. The van der Waals surface area contributed by atoms with Gasteiger partial charge in [0, 0.05) is 23.5 Å². The van der Waals surface area contributed by atoms with Crippen molar-refractivity contribution in [2.24, 2.45) is 0 Å². The Bertz CT molecular complexity index is 953. The highest BCUT2D eigenvalue weighted by Gasteiger charge is 2.18. The van der Waals surface area contributed by atoms with Crippen LogP contribution in [0.25, 0.3) is 11.5 Å². The molecule has 142 valence electrons. The molecule has 0 aliphatic carbocycles. The standard InChI is InChI=1S/C21H26N4O2/c1-6-20-23-24-21(27-20)17-11-14(4)25(15(17)5)12-19(26)22-18-10-8-7-9-16(18)13(2)3/h7-11,13H,6,12H2,1-5H3,(H,22,26). The van der Waals surface area contributed by atoms with Crippen LogP contribution in [0.5, 0.6) is 0 Å². The average molecular weight is 366 g/mol. The number of nitrogens with zero attached hydrogens (tertiary/aromatic N) is 3. The highest BCUT2D eigenvalue weighted by Crippen LogP contribution is 2.27. The van der Waals surface area contributed by atoms with E-state index in [1.54, 1.807) is 0 Å². The topological polar surface area (TPSA) is 73.0 Å². The molecule has 0 saturated heterocycles. The van der Waals surface area contributed by atoms with E-state index in [-0.39, 0.29) is 12.5 Å². The second-order valence-electron chi connectivity index (χ2n) is 7.02. The first-order valence-corrected chi connectivity index (χ1v) is 9.29. The van der Waals surface area contributed by atoms with E-state index in [1.165, 1.54) is 0 Å². The number of carbonyl (C=O) groups is 1. The van der Waals surface area contributed by atoms with E-state index >= 15 is 0 Å². The molecular weight excluding hydrogens is 340 g/mol. The minimum Gasteiger partial charge on any atom is -0.421 e. The number of aromatic nitrogens is 3. The summed E-state index contributed by atoms with van der Waals surface area (Å²) >= 11 is 0. The summed E-state index contributed by atoms with van der Waals surface area (Å²) < 4.78 is 7.65. The molecule has 1 N–H and O–H groups in total. The Balaban J connectivity index is 1.81. The van der Waals surface area contributed by atoms with Crippen molar-refractivity contribution in [1.29, 1.82) is 0 Å². The van der Waals surface area contributed by atoms with Crippen LogP contribution in [0.15, 0.2) is 34.7 Å². The molecule has 3 rings (SSSR count). The highest BCUT2D eigenvalue weighted by molar-refractivity contribution is 5.91. The molecule has 3 aromatic rings. The summed E-state index contributed by atoms with van der Waals surface area (Å²) in [5, 5.41) is 11.2. The van der Waals surface area contributed by atoms with Gasteiger partial charge in [-0.05, 0) is 37.5 Å². The largest absolute Gasteiger partial charge is 0.421 e. The van der Waals surface area contributed by atoms with E-state index in [0.29, 0.717) is 24.1 Å². The molecule has 0 radical (unpaired) electrons. The van der Waals surface area contributed by atoms with Crippen molar-refractivity contribution >= 4 is 11.6 Å². The number of para-hydroxylation sites is 1. The lowest BCUT2D eigenvalue weighted by Crippen LogP contribution is -2.21. The average Bonchev–Trinajstić information content (AvgIpc) is 3.22. The van der Waals surface area contributed by atoms with Gasteiger partial charge in [0.15, 0.2) is 0 Å². The van der Waals surface area contributed by atoms with Crippen LogP contribution in [0, 0.1) is 13.8 Å². The second-order valence-corrected chi connectivity index (χ2v) is 7.02. The molecule has 0 unspecified atom stereocenters. The third-order valence-electron chi connectivity index (χ3n) is 4.73. The first kappa shape index (κ1) is 18.9. The monoisotopic (exact) mass is 366 g/mol. The minimum absolute atomic E-state index is 0.0590. The molecule has 0 saturated carbocycles. The summed E-state index contributed by atoms with van der Waals surface area (Å²) in [4.78, 5) is 12.7. The Morgan fingerprint density at radius 1 is 1.22 bits per heavy atom. The van der Waals surface area contributed by atoms with E-state index in [9.17, 15) is 4.79 Å². The van der Waals surface area contributed by atoms with Crippen LogP contribution in [0.1, 0.15) is 49.5 Å². The van der Waals surface area contributed by atoms with E-state index in [4.69, 9.17) is 4.42 Å². The number of hydrogen-bond donors (Lipinski definition) is 1. The number of benzene rings is 1. The summed E-state index contributed by atoms with van der Waals surface area (Å²) in [6, 6.07) is 9.90. The van der Waals surface area contributed by atoms with Crippen molar-refractivity contribution in [3.05, 3.63) is 53.2 Å². The minimum atomic E-state index is -0.0590. The van der Waals surface area contributed by atoms with Crippen molar-refractivity contribution in [1.82, 2.24) is 14.8 Å². The van der Waals surface area contributed by atoms with Gasteiger partial charge in [-0.1, -0.05) is 39.0 Å². The lowest BCUT2D eigenvalue weighted by atomic mass is 10.0. The van der Waals surface area contributed by atoms with E-state index < -0.39 is 0 Å². The fourth-order valence-corrected chi connectivity index (χ4v) is 3.21. The van der Waals surface area contributed by atoms with Gasteiger partial charge in [0.25, 0.3) is 0 Å². The van der Waals surface area contributed by atoms with Crippen molar-refractivity contribution in [3.8, 4) is 11.5 Å². The number of anilines is 1. The van der Waals surface area contributed by atoms with E-state index in [0.717, 1.165) is 28.2 Å². The molecule has 6 heteroatoms. The van der Waals surface area contributed by atoms with Gasteiger partial charge in [-0.25, -0.2) is 0 Å². The van der Waals surface area contributed by atoms with Gasteiger partial charge < -0.3 is 14.3 Å². The van der Waals surface area contributed by atoms with Crippen LogP contribution in [0.2, 0.25) is 0 Å². The summed E-state index contributed by atoms with van der Waals surface area (Å²) in [5.41, 5.74) is 4.78. The lowest BCUT2D eigenvalue weighted by molar-refractivity contribution is -0.116. The maximum atomic E-state index is 12.7. The number of hydrogen-bond acceptors (Lipinski definition) is 4. The fourth-order valence-electron chi connectivity index (χ4n) is 3.21. The summed E-state index contributed by atoms with van der Waals surface area (Å²) in [6.07, 6.45) is 0.698. The summed E-state index contributed by atoms with van der Waals surface area (Å²) in [6.45, 7) is 10.4. The predicted octanol–water partition coefficient (Wildman–Crippen LogP) is 4.48. The zero-order valence-electron chi connectivity index (χ0n) is 16.5. The number of rotatable bonds is 6. The molecule has 2 aromatic heterocycles. The molecule has 0 atom stereocenters. The van der Waals surface area contributed by atoms with Gasteiger partial charge in [-0.15, -0.1) is 10.2 Å². The van der Waals surface area contributed by atoms with Gasteiger partial charge in [0.2, 0.25) is 17.7 Å². The predicted molar refractivity (Wildman–Crippen MR) is 106 cm³/mol. The Labute approximate surface area is 159 Å². The molecule has 2 heterocycles. The zero-order valence-corrected chi connectivity index (χ0v) is 16.5. The normalized spacial score (nSPS) is 11.2. The van der Waals surface area contributed by atoms with Gasteiger partial charge in [0.05, 0.1) is 5.56 Å². The van der Waals surface area contributed by atoms with Crippen molar-refractivity contribution in [2.75, 3.05) is 5.32 Å². The Morgan fingerprint density at radius 2 is 1.96 bits per heavy atom. The van der Waals surface area contributed by atoms with Crippen LogP contribution < -0.4 is 5.32 Å². The van der Waals surface area contributed by atoms with E-state index in [1.807, 2.05) is 55.7 Å². The highest BCUT2D eigenvalue weighted by atomic mass is 16.4. The number of aryl methyl sites for hydroxylation is 2. The van der Waals surface area contributed by atoms with Gasteiger partial charge >= 0.3 is 0 Å². The smallest absolute Gasteiger partial charge is 0.249 e. The molecule has 1 amide bonds. The number of carbonyl (C=O) groups excluding carboxylic acids is 1. The van der Waals surface area contributed by atoms with Crippen LogP contribution in [-0.4, -0.2) is 20.7 Å². The molecule has 0 aliphatic rings. The molecule has 0 spiro atoms. The molecule has 27 heavy (non-hydrogen) atoms. The molecule has 1 aromatic carbocycles. The number of amides is 1. The first-order valence-electron chi connectivity index (χ1n) is 9.29. The van der Waals surface area contributed by atoms with Gasteiger partial charge in [-0.2, -0.15) is 0 Å². The second kappa shape index (κ2) is 7.78. The summed E-state index contributed by atoms with van der Waals surface area (Å²) in [7, 11) is 0. The Kier molecular flexibility index (Phi) is 5.44. The SMILES string of the molecule is CCc1nnc(-c2cc(C)n(CC(=O)Nc3ccccc3C(C)C)c2C)o1. The number of nitrogens with one attached hydrogen (secondary N) is 1.